The molecular formula is C13H20N4O. The molecule has 5 heteroatoms. The molecule has 2 rings (SSSR count). The molecule has 1 saturated heterocycles. The summed E-state index contributed by atoms with van der Waals surface area (Å²) >= 11 is 0. The number of pyridine rings is 1. The standard InChI is InChI=1S/C13H20N4O/c1-9-7-17(8-13(2,3)18-9)10-4-5-16-11(6-10)12(14)15/h4-6,9H,7-8H2,1-3H3,(H3,14,15). The van der Waals surface area contributed by atoms with Crippen LogP contribution < -0.4 is 10.6 Å². The number of hydrogen-bond donors (Lipinski definition) is 2. The first-order valence-corrected chi connectivity index (χ1v) is 6.10. The Kier molecular flexibility index (Phi) is 3.26. The molecule has 1 aromatic rings. The van der Waals surface area contributed by atoms with E-state index in [0.717, 1.165) is 18.8 Å². The average Bonchev–Trinajstić information content (AvgIpc) is 2.26. The summed E-state index contributed by atoms with van der Waals surface area (Å²) in [5.74, 6) is -0.00239. The highest BCUT2D eigenvalue weighted by molar-refractivity contribution is 5.93. The minimum atomic E-state index is -0.169. The van der Waals surface area contributed by atoms with Gasteiger partial charge in [-0.25, -0.2) is 0 Å². The Morgan fingerprint density at radius 1 is 1.61 bits per heavy atom. The Balaban J connectivity index is 2.25. The topological polar surface area (TPSA) is 75.2 Å². The number of hydrogen-bond acceptors (Lipinski definition) is 4. The van der Waals surface area contributed by atoms with E-state index < -0.39 is 0 Å². The molecule has 1 aliphatic rings. The van der Waals surface area contributed by atoms with Crippen LogP contribution in [-0.4, -0.2) is 35.6 Å². The molecule has 0 aliphatic carbocycles. The largest absolute Gasteiger partial charge is 0.382 e. The lowest BCUT2D eigenvalue weighted by Crippen LogP contribution is -2.52. The van der Waals surface area contributed by atoms with Gasteiger partial charge in [0.2, 0.25) is 0 Å². The van der Waals surface area contributed by atoms with Crippen LogP contribution in [-0.2, 0) is 4.74 Å². The summed E-state index contributed by atoms with van der Waals surface area (Å²) in [6, 6.07) is 3.80. The number of rotatable bonds is 2. The van der Waals surface area contributed by atoms with Gasteiger partial charge in [-0.05, 0) is 32.9 Å². The molecule has 3 N–H and O–H groups in total. The Bertz CT molecular complexity index is 458. The molecule has 98 valence electrons. The van der Waals surface area contributed by atoms with E-state index in [1.165, 1.54) is 0 Å². The van der Waals surface area contributed by atoms with Crippen molar-refractivity contribution >= 4 is 11.5 Å². The zero-order valence-corrected chi connectivity index (χ0v) is 11.1. The lowest BCUT2D eigenvalue weighted by atomic mass is 10.0. The zero-order valence-electron chi connectivity index (χ0n) is 11.1. The molecule has 1 atom stereocenters. The Labute approximate surface area is 107 Å². The molecule has 1 unspecified atom stereocenters. The summed E-state index contributed by atoms with van der Waals surface area (Å²) in [5.41, 5.74) is 6.86. The molecule has 1 fully saturated rings. The van der Waals surface area contributed by atoms with E-state index >= 15 is 0 Å². The first-order chi connectivity index (χ1) is 8.37. The SMILES string of the molecule is CC1CN(c2ccnc(C(=N)N)c2)CC(C)(C)O1. The van der Waals surface area contributed by atoms with Crippen molar-refractivity contribution < 1.29 is 4.74 Å². The Hall–Kier alpha value is -1.62. The molecule has 0 saturated carbocycles. The summed E-state index contributed by atoms with van der Waals surface area (Å²) in [5, 5.41) is 7.44. The second-order valence-electron chi connectivity index (χ2n) is 5.38. The number of nitrogens with two attached hydrogens (primary N) is 1. The highest BCUT2D eigenvalue weighted by Gasteiger charge is 2.31. The van der Waals surface area contributed by atoms with Gasteiger partial charge in [-0.15, -0.1) is 0 Å². The molecule has 0 bridgehead atoms. The van der Waals surface area contributed by atoms with E-state index in [4.69, 9.17) is 15.9 Å². The number of anilines is 1. The molecule has 2 heterocycles. The fourth-order valence-corrected chi connectivity index (χ4v) is 2.41. The third-order valence-electron chi connectivity index (χ3n) is 2.95. The Morgan fingerprint density at radius 3 is 2.94 bits per heavy atom. The van der Waals surface area contributed by atoms with Crippen molar-refractivity contribution in [1.29, 1.82) is 5.41 Å². The summed E-state index contributed by atoms with van der Waals surface area (Å²) < 4.78 is 5.88. The van der Waals surface area contributed by atoms with Gasteiger partial charge in [-0.2, -0.15) is 0 Å². The minimum Gasteiger partial charge on any atom is -0.382 e. The quantitative estimate of drug-likeness (QED) is 0.612. The lowest BCUT2D eigenvalue weighted by Gasteiger charge is -2.42. The van der Waals surface area contributed by atoms with Crippen molar-refractivity contribution in [1.82, 2.24) is 4.98 Å². The van der Waals surface area contributed by atoms with E-state index in [2.05, 4.69) is 30.7 Å². The highest BCUT2D eigenvalue weighted by atomic mass is 16.5. The highest BCUT2D eigenvalue weighted by Crippen LogP contribution is 2.25. The molecule has 0 spiro atoms. The summed E-state index contributed by atoms with van der Waals surface area (Å²) in [7, 11) is 0. The van der Waals surface area contributed by atoms with Crippen LogP contribution in [0, 0.1) is 5.41 Å². The van der Waals surface area contributed by atoms with Gasteiger partial charge in [0.05, 0.1) is 11.7 Å². The van der Waals surface area contributed by atoms with Gasteiger partial charge in [0, 0.05) is 25.0 Å². The lowest BCUT2D eigenvalue weighted by molar-refractivity contribution is -0.0749. The van der Waals surface area contributed by atoms with Crippen LogP contribution in [0.5, 0.6) is 0 Å². The van der Waals surface area contributed by atoms with Crippen LogP contribution in [0.4, 0.5) is 5.69 Å². The van der Waals surface area contributed by atoms with E-state index in [1.807, 2.05) is 12.1 Å². The molecule has 0 aromatic carbocycles. The monoisotopic (exact) mass is 248 g/mol. The van der Waals surface area contributed by atoms with E-state index in [-0.39, 0.29) is 17.5 Å². The number of morpholine rings is 1. The molecule has 18 heavy (non-hydrogen) atoms. The number of amidine groups is 1. The van der Waals surface area contributed by atoms with Gasteiger partial charge in [0.15, 0.2) is 0 Å². The maximum atomic E-state index is 7.44. The molecule has 1 aromatic heterocycles. The third-order valence-corrected chi connectivity index (χ3v) is 2.95. The summed E-state index contributed by atoms with van der Waals surface area (Å²) in [4.78, 5) is 6.33. The summed E-state index contributed by atoms with van der Waals surface area (Å²) in [6.07, 6.45) is 1.88. The van der Waals surface area contributed by atoms with Crippen molar-refractivity contribution in [3.8, 4) is 0 Å². The fraction of sp³-hybridized carbons (Fsp3) is 0.538. The zero-order chi connectivity index (χ0) is 13.3. The van der Waals surface area contributed by atoms with Crippen LogP contribution >= 0.6 is 0 Å². The maximum Gasteiger partial charge on any atom is 0.141 e. The van der Waals surface area contributed by atoms with E-state index in [9.17, 15) is 0 Å². The van der Waals surface area contributed by atoms with Crippen molar-refractivity contribution in [2.75, 3.05) is 18.0 Å². The van der Waals surface area contributed by atoms with E-state index in [1.54, 1.807) is 6.20 Å². The van der Waals surface area contributed by atoms with Gasteiger partial charge in [-0.3, -0.25) is 10.4 Å². The first-order valence-electron chi connectivity index (χ1n) is 6.10. The van der Waals surface area contributed by atoms with Gasteiger partial charge >= 0.3 is 0 Å². The number of nitrogen functional groups attached to an aromatic ring is 1. The van der Waals surface area contributed by atoms with Crippen molar-refractivity contribution in [2.24, 2.45) is 5.73 Å². The minimum absolute atomic E-state index is 0.00239. The first kappa shape index (κ1) is 12.8. The van der Waals surface area contributed by atoms with E-state index in [0.29, 0.717) is 5.69 Å². The number of aromatic nitrogens is 1. The van der Waals surface area contributed by atoms with Crippen molar-refractivity contribution in [2.45, 2.75) is 32.5 Å². The predicted molar refractivity (Wildman–Crippen MR) is 72.1 cm³/mol. The second kappa shape index (κ2) is 4.57. The van der Waals surface area contributed by atoms with Crippen LogP contribution in [0.1, 0.15) is 26.5 Å². The van der Waals surface area contributed by atoms with Crippen LogP contribution in [0.15, 0.2) is 18.3 Å². The molecular weight excluding hydrogens is 228 g/mol. The number of nitrogens with zero attached hydrogens (tertiary/aromatic N) is 2. The van der Waals surface area contributed by atoms with Crippen molar-refractivity contribution in [3.05, 3.63) is 24.0 Å². The van der Waals surface area contributed by atoms with Crippen LogP contribution in [0.2, 0.25) is 0 Å². The van der Waals surface area contributed by atoms with Crippen LogP contribution in [0.25, 0.3) is 0 Å². The second-order valence-corrected chi connectivity index (χ2v) is 5.38. The molecule has 0 amide bonds. The predicted octanol–water partition coefficient (Wildman–Crippen LogP) is 1.37. The smallest absolute Gasteiger partial charge is 0.141 e. The van der Waals surface area contributed by atoms with Gasteiger partial charge in [0.1, 0.15) is 11.5 Å². The molecule has 0 radical (unpaired) electrons. The number of ether oxygens (including phenoxy) is 1. The normalized spacial score (nSPS) is 22.8. The molecule has 5 nitrogen and oxygen atoms in total. The average molecular weight is 248 g/mol. The maximum absolute atomic E-state index is 7.44. The third kappa shape index (κ3) is 2.79. The van der Waals surface area contributed by atoms with Crippen LogP contribution in [0.3, 0.4) is 0 Å². The van der Waals surface area contributed by atoms with Gasteiger partial charge in [-0.1, -0.05) is 0 Å². The van der Waals surface area contributed by atoms with Gasteiger partial charge in [0.25, 0.3) is 0 Å². The van der Waals surface area contributed by atoms with Gasteiger partial charge < -0.3 is 15.4 Å². The fourth-order valence-electron chi connectivity index (χ4n) is 2.41. The summed E-state index contributed by atoms with van der Waals surface area (Å²) in [6.45, 7) is 7.90. The Morgan fingerprint density at radius 2 is 2.33 bits per heavy atom. The molecule has 1 aliphatic heterocycles. The number of nitrogens with one attached hydrogen (secondary N) is 1. The van der Waals surface area contributed by atoms with Crippen molar-refractivity contribution in [3.63, 3.8) is 0 Å².